The van der Waals surface area contributed by atoms with Gasteiger partial charge in [0.2, 0.25) is 5.91 Å². The van der Waals surface area contributed by atoms with E-state index in [-0.39, 0.29) is 42.9 Å². The standard InChI is InChI=1S/C31H35BrN2O6/c1-3-5-8-17-39-30(38)24-25-28(36)34(15-9-16-35)27(31(25)19-23(32)26(24)40-31)29(37)33(14-4-2)22-13-12-20-10-6-7-11-21(20)18-22/h3-4,6-7,10-13,18,23-27,35H,1-2,5,8-9,14-17,19H2/t23?,24-,25+,26-,27?,31?/m1/s1. The van der Waals surface area contributed by atoms with Crippen molar-refractivity contribution in [3.8, 4) is 0 Å². The Labute approximate surface area is 242 Å². The number of fused-ring (bicyclic) bond motifs is 2. The molecule has 2 aromatic rings. The van der Waals surface area contributed by atoms with E-state index in [1.165, 1.54) is 4.90 Å². The molecule has 212 valence electrons. The highest BCUT2D eigenvalue weighted by atomic mass is 79.9. The fourth-order valence-corrected chi connectivity index (χ4v) is 7.54. The SMILES string of the molecule is C=CCCCOC(=O)[C@H]1[C@@H]2OC3(CC2Br)C(C(=O)N(CC=C)c2ccc4ccccc4c2)N(CCCO)C(=O)[C@H]13. The highest BCUT2D eigenvalue weighted by molar-refractivity contribution is 9.09. The lowest BCUT2D eigenvalue weighted by atomic mass is 9.70. The van der Waals surface area contributed by atoms with E-state index in [2.05, 4.69) is 29.1 Å². The van der Waals surface area contributed by atoms with Crippen molar-refractivity contribution in [2.45, 2.75) is 48.3 Å². The van der Waals surface area contributed by atoms with Crippen molar-refractivity contribution in [3.05, 3.63) is 67.8 Å². The Morgan fingerprint density at radius 2 is 1.95 bits per heavy atom. The lowest BCUT2D eigenvalue weighted by Crippen LogP contribution is -2.57. The molecule has 6 atom stereocenters. The monoisotopic (exact) mass is 610 g/mol. The number of alkyl halides is 1. The van der Waals surface area contributed by atoms with Crippen LogP contribution in [0.1, 0.15) is 25.7 Å². The van der Waals surface area contributed by atoms with Crippen molar-refractivity contribution in [1.29, 1.82) is 0 Å². The molecule has 0 aliphatic carbocycles. The minimum Gasteiger partial charge on any atom is -0.465 e. The van der Waals surface area contributed by atoms with Crippen LogP contribution in [0.2, 0.25) is 0 Å². The Bertz CT molecular complexity index is 1320. The molecule has 0 saturated carbocycles. The number of likely N-dealkylation sites (tertiary alicyclic amines) is 1. The number of unbranched alkanes of at least 4 members (excludes halogenated alkanes) is 1. The van der Waals surface area contributed by atoms with Gasteiger partial charge in [-0.15, -0.1) is 13.2 Å². The Balaban J connectivity index is 1.52. The molecule has 3 saturated heterocycles. The predicted molar refractivity (Wildman–Crippen MR) is 156 cm³/mol. The average molecular weight is 612 g/mol. The van der Waals surface area contributed by atoms with Gasteiger partial charge < -0.3 is 24.4 Å². The van der Waals surface area contributed by atoms with Crippen LogP contribution in [0.15, 0.2) is 67.8 Å². The summed E-state index contributed by atoms with van der Waals surface area (Å²) in [6.45, 7) is 8.05. The summed E-state index contributed by atoms with van der Waals surface area (Å²) in [5.41, 5.74) is -0.511. The number of amides is 2. The zero-order chi connectivity index (χ0) is 28.4. The highest BCUT2D eigenvalue weighted by Gasteiger charge is 2.77. The third-order valence-corrected chi connectivity index (χ3v) is 9.12. The lowest BCUT2D eigenvalue weighted by Gasteiger charge is -2.37. The number of hydrogen-bond donors (Lipinski definition) is 1. The van der Waals surface area contributed by atoms with E-state index < -0.39 is 35.6 Å². The fourth-order valence-electron chi connectivity index (χ4n) is 6.60. The normalized spacial score (nSPS) is 28.5. The number of hydrogen-bond acceptors (Lipinski definition) is 6. The molecular formula is C31H35BrN2O6. The number of ether oxygens (including phenoxy) is 2. The van der Waals surface area contributed by atoms with Gasteiger partial charge in [-0.3, -0.25) is 14.4 Å². The molecule has 0 aromatic heterocycles. The van der Waals surface area contributed by atoms with E-state index >= 15 is 0 Å². The van der Waals surface area contributed by atoms with Crippen LogP contribution < -0.4 is 4.90 Å². The number of aliphatic hydroxyl groups is 1. The Kier molecular flexibility index (Phi) is 8.44. The van der Waals surface area contributed by atoms with Gasteiger partial charge in [0.1, 0.15) is 11.6 Å². The Morgan fingerprint density at radius 3 is 2.67 bits per heavy atom. The van der Waals surface area contributed by atoms with Gasteiger partial charge in [-0.1, -0.05) is 58.4 Å². The van der Waals surface area contributed by atoms with Crippen molar-refractivity contribution >= 4 is 50.2 Å². The number of esters is 1. The molecule has 3 heterocycles. The summed E-state index contributed by atoms with van der Waals surface area (Å²) in [4.78, 5) is 44.8. The third-order valence-electron chi connectivity index (χ3n) is 8.27. The second kappa shape index (κ2) is 11.8. The van der Waals surface area contributed by atoms with Crippen molar-refractivity contribution in [2.75, 3.05) is 31.2 Å². The first-order valence-electron chi connectivity index (χ1n) is 13.8. The summed E-state index contributed by atoms with van der Waals surface area (Å²) in [5, 5.41) is 11.6. The maximum absolute atomic E-state index is 14.5. The molecule has 3 fully saturated rings. The first-order valence-corrected chi connectivity index (χ1v) is 14.7. The minimum absolute atomic E-state index is 0.136. The molecule has 8 nitrogen and oxygen atoms in total. The first kappa shape index (κ1) is 28.5. The van der Waals surface area contributed by atoms with Gasteiger partial charge in [0.05, 0.1) is 24.5 Å². The number of carbonyl (C=O) groups is 3. The number of allylic oxidation sites excluding steroid dienone is 1. The van der Waals surface area contributed by atoms with Crippen molar-refractivity contribution in [3.63, 3.8) is 0 Å². The molecule has 9 heteroatoms. The molecule has 3 unspecified atom stereocenters. The molecular weight excluding hydrogens is 576 g/mol. The summed E-state index contributed by atoms with van der Waals surface area (Å²) in [7, 11) is 0. The summed E-state index contributed by atoms with van der Waals surface area (Å²) >= 11 is 3.68. The van der Waals surface area contributed by atoms with Crippen LogP contribution in [0.25, 0.3) is 10.8 Å². The van der Waals surface area contributed by atoms with Crippen LogP contribution in [0, 0.1) is 11.8 Å². The minimum atomic E-state index is -1.19. The maximum atomic E-state index is 14.5. The molecule has 2 aromatic carbocycles. The number of benzene rings is 2. The van der Waals surface area contributed by atoms with Gasteiger partial charge in [-0.25, -0.2) is 0 Å². The van der Waals surface area contributed by atoms with E-state index in [0.717, 1.165) is 10.8 Å². The number of anilines is 1. The summed E-state index contributed by atoms with van der Waals surface area (Å²) in [6.07, 6.45) is 4.89. The topological polar surface area (TPSA) is 96.4 Å². The van der Waals surface area contributed by atoms with Crippen molar-refractivity contribution in [1.82, 2.24) is 4.90 Å². The first-order chi connectivity index (χ1) is 19.4. The number of carbonyl (C=O) groups excluding carboxylic acids is 3. The molecule has 1 N–H and O–H groups in total. The highest BCUT2D eigenvalue weighted by Crippen LogP contribution is 2.60. The molecule has 2 amide bonds. The smallest absolute Gasteiger partial charge is 0.312 e. The van der Waals surface area contributed by atoms with Crippen LogP contribution in [0.5, 0.6) is 0 Å². The largest absolute Gasteiger partial charge is 0.465 e. The van der Waals surface area contributed by atoms with E-state index in [4.69, 9.17) is 9.47 Å². The molecule has 1 spiro atoms. The third kappa shape index (κ3) is 4.78. The lowest BCUT2D eigenvalue weighted by molar-refractivity contribution is -0.155. The maximum Gasteiger partial charge on any atom is 0.312 e. The second-order valence-corrected chi connectivity index (χ2v) is 11.8. The zero-order valence-electron chi connectivity index (χ0n) is 22.4. The van der Waals surface area contributed by atoms with E-state index in [1.807, 2.05) is 42.5 Å². The predicted octanol–water partition coefficient (Wildman–Crippen LogP) is 4.00. The molecule has 40 heavy (non-hydrogen) atoms. The van der Waals surface area contributed by atoms with Gasteiger partial charge in [0.15, 0.2) is 0 Å². The van der Waals surface area contributed by atoms with E-state index in [9.17, 15) is 19.5 Å². The number of nitrogens with zero attached hydrogens (tertiary/aromatic N) is 2. The van der Waals surface area contributed by atoms with E-state index in [1.54, 1.807) is 17.1 Å². The Hall–Kier alpha value is -3.01. The number of rotatable bonds is 12. The zero-order valence-corrected chi connectivity index (χ0v) is 24.0. The van der Waals surface area contributed by atoms with Gasteiger partial charge in [-0.2, -0.15) is 0 Å². The van der Waals surface area contributed by atoms with Gasteiger partial charge in [0.25, 0.3) is 5.91 Å². The molecule has 3 aliphatic rings. The van der Waals surface area contributed by atoms with Gasteiger partial charge in [0, 0.05) is 30.2 Å². The van der Waals surface area contributed by atoms with Gasteiger partial charge >= 0.3 is 5.97 Å². The van der Waals surface area contributed by atoms with Crippen molar-refractivity contribution < 1.29 is 29.0 Å². The van der Waals surface area contributed by atoms with Crippen LogP contribution >= 0.6 is 15.9 Å². The molecule has 0 radical (unpaired) electrons. The summed E-state index contributed by atoms with van der Waals surface area (Å²) in [5.74, 6) is -2.75. The number of aliphatic hydroxyl groups excluding tert-OH is 1. The van der Waals surface area contributed by atoms with Gasteiger partial charge in [-0.05, 0) is 48.6 Å². The second-order valence-electron chi connectivity index (χ2n) is 10.6. The summed E-state index contributed by atoms with van der Waals surface area (Å²) < 4.78 is 12.1. The molecule has 2 bridgehead atoms. The molecule has 3 aliphatic heterocycles. The fraction of sp³-hybridized carbons (Fsp3) is 0.452. The number of halogens is 1. The van der Waals surface area contributed by atoms with Crippen LogP contribution in [-0.2, 0) is 23.9 Å². The van der Waals surface area contributed by atoms with Crippen LogP contribution in [0.4, 0.5) is 5.69 Å². The Morgan fingerprint density at radius 1 is 1.18 bits per heavy atom. The van der Waals surface area contributed by atoms with E-state index in [0.29, 0.717) is 31.4 Å². The summed E-state index contributed by atoms with van der Waals surface area (Å²) in [6, 6.07) is 12.7. The van der Waals surface area contributed by atoms with Crippen molar-refractivity contribution in [2.24, 2.45) is 11.8 Å². The van der Waals surface area contributed by atoms with Crippen LogP contribution in [0.3, 0.4) is 0 Å². The average Bonchev–Trinajstić information content (AvgIpc) is 3.55. The quantitative estimate of drug-likeness (QED) is 0.169. The van der Waals surface area contributed by atoms with Crippen LogP contribution in [-0.4, -0.2) is 76.7 Å². The molecule has 5 rings (SSSR count).